The number of hydrogen-bond acceptors (Lipinski definition) is 3. The van der Waals surface area contributed by atoms with Gasteiger partial charge in [0.1, 0.15) is 6.61 Å². The molecule has 1 heterocycles. The molecule has 0 radical (unpaired) electrons. The first-order valence-corrected chi connectivity index (χ1v) is 8.05. The Labute approximate surface area is 127 Å². The molecule has 1 aromatic rings. The van der Waals surface area contributed by atoms with Gasteiger partial charge in [0.15, 0.2) is 0 Å². The maximum absolute atomic E-state index is 12.4. The van der Waals surface area contributed by atoms with Crippen LogP contribution in [-0.2, 0) is 19.7 Å². The summed E-state index contributed by atoms with van der Waals surface area (Å²) in [4.78, 5) is 12.4. The third kappa shape index (κ3) is 2.91. The van der Waals surface area contributed by atoms with Crippen molar-refractivity contribution in [3.63, 3.8) is 0 Å². The van der Waals surface area contributed by atoms with Crippen molar-refractivity contribution < 1.29 is 14.3 Å². The van der Waals surface area contributed by atoms with Crippen LogP contribution in [0.25, 0.3) is 0 Å². The Balaban J connectivity index is 1.60. The monoisotopic (exact) mass is 338 g/mol. The van der Waals surface area contributed by atoms with Gasteiger partial charge in [0.25, 0.3) is 0 Å². The predicted octanol–water partition coefficient (Wildman–Crippen LogP) is 3.59. The Hall–Kier alpha value is -0.870. The lowest BCUT2D eigenvalue weighted by Gasteiger charge is -2.23. The minimum atomic E-state index is -0.393. The molecule has 3 nitrogen and oxygen atoms in total. The Morgan fingerprint density at radius 1 is 1.30 bits per heavy atom. The molecule has 0 bridgehead atoms. The smallest absolute Gasteiger partial charge is 0.316 e. The quantitative estimate of drug-likeness (QED) is 0.787. The van der Waals surface area contributed by atoms with Crippen molar-refractivity contribution in [1.29, 1.82) is 0 Å². The topological polar surface area (TPSA) is 35.5 Å². The fraction of sp³-hybridized carbons (Fsp3) is 0.562. The van der Waals surface area contributed by atoms with E-state index in [0.29, 0.717) is 6.61 Å². The van der Waals surface area contributed by atoms with E-state index in [1.807, 2.05) is 24.3 Å². The maximum atomic E-state index is 12.4. The van der Waals surface area contributed by atoms with E-state index < -0.39 is 5.41 Å². The molecule has 0 amide bonds. The van der Waals surface area contributed by atoms with E-state index in [4.69, 9.17) is 9.47 Å². The summed E-state index contributed by atoms with van der Waals surface area (Å²) in [6.07, 6.45) is 5.15. The zero-order valence-corrected chi connectivity index (χ0v) is 13.0. The van der Waals surface area contributed by atoms with E-state index in [9.17, 15) is 4.79 Å². The number of carbonyl (C=O) groups is 1. The van der Waals surface area contributed by atoms with Crippen LogP contribution in [0.15, 0.2) is 28.7 Å². The molecule has 0 N–H and O–H groups in total. The number of rotatable bonds is 4. The lowest BCUT2D eigenvalue weighted by atomic mass is 9.96. The lowest BCUT2D eigenvalue weighted by Crippen LogP contribution is -2.30. The van der Waals surface area contributed by atoms with Gasteiger partial charge in [-0.1, -0.05) is 28.1 Å². The van der Waals surface area contributed by atoms with Gasteiger partial charge >= 0.3 is 5.97 Å². The van der Waals surface area contributed by atoms with Crippen molar-refractivity contribution in [3.8, 4) is 0 Å². The summed E-state index contributed by atoms with van der Waals surface area (Å²) < 4.78 is 12.1. The van der Waals surface area contributed by atoms with Crippen LogP contribution in [0.5, 0.6) is 0 Å². The van der Waals surface area contributed by atoms with Gasteiger partial charge in [0, 0.05) is 11.1 Å². The first kappa shape index (κ1) is 14.1. The fourth-order valence-electron chi connectivity index (χ4n) is 2.75. The van der Waals surface area contributed by atoms with Gasteiger partial charge in [-0.2, -0.15) is 0 Å². The van der Waals surface area contributed by atoms with Gasteiger partial charge in [0.2, 0.25) is 0 Å². The average molecular weight is 339 g/mol. The Kier molecular flexibility index (Phi) is 4.13. The molecule has 1 saturated carbocycles. The van der Waals surface area contributed by atoms with Gasteiger partial charge < -0.3 is 9.47 Å². The van der Waals surface area contributed by atoms with Crippen molar-refractivity contribution in [2.75, 3.05) is 13.2 Å². The lowest BCUT2D eigenvalue weighted by molar-refractivity contribution is -0.152. The Morgan fingerprint density at radius 2 is 2.05 bits per heavy atom. The van der Waals surface area contributed by atoms with Gasteiger partial charge in [-0.15, -0.1) is 0 Å². The van der Waals surface area contributed by atoms with Gasteiger partial charge in [-0.3, -0.25) is 4.79 Å². The van der Waals surface area contributed by atoms with E-state index in [-0.39, 0.29) is 12.1 Å². The molecule has 2 aliphatic rings. The van der Waals surface area contributed by atoms with Crippen LogP contribution in [0, 0.1) is 0 Å². The fourth-order valence-corrected chi connectivity index (χ4v) is 3.01. The van der Waals surface area contributed by atoms with Gasteiger partial charge in [-0.25, -0.2) is 0 Å². The Morgan fingerprint density at radius 3 is 2.65 bits per heavy atom. The molecule has 1 unspecified atom stereocenters. The molecular weight excluding hydrogens is 320 g/mol. The van der Waals surface area contributed by atoms with Crippen LogP contribution >= 0.6 is 15.9 Å². The zero-order chi connectivity index (χ0) is 14.0. The van der Waals surface area contributed by atoms with Crippen molar-refractivity contribution in [2.24, 2.45) is 0 Å². The molecule has 1 aliphatic carbocycles. The molecular formula is C16H19BrO3. The highest BCUT2D eigenvalue weighted by Gasteiger charge is 2.52. The summed E-state index contributed by atoms with van der Waals surface area (Å²) in [5.74, 6) is -0.0889. The molecule has 2 fully saturated rings. The van der Waals surface area contributed by atoms with Crippen molar-refractivity contribution in [3.05, 3.63) is 34.3 Å². The summed E-state index contributed by atoms with van der Waals surface area (Å²) in [6.45, 7) is 1.19. The minimum Gasteiger partial charge on any atom is -0.462 e. The highest BCUT2D eigenvalue weighted by Crippen LogP contribution is 2.49. The molecule has 3 rings (SSSR count). The number of hydrogen-bond donors (Lipinski definition) is 0. The summed E-state index contributed by atoms with van der Waals surface area (Å²) in [5, 5.41) is 0. The molecule has 1 saturated heterocycles. The van der Waals surface area contributed by atoms with Crippen LogP contribution in [0.1, 0.15) is 37.7 Å². The molecule has 1 aromatic carbocycles. The normalized spacial score (nSPS) is 24.1. The highest BCUT2D eigenvalue weighted by molar-refractivity contribution is 9.10. The van der Waals surface area contributed by atoms with Crippen molar-refractivity contribution in [2.45, 2.75) is 43.6 Å². The molecule has 0 spiro atoms. The van der Waals surface area contributed by atoms with Crippen LogP contribution in [0.4, 0.5) is 0 Å². The van der Waals surface area contributed by atoms with Crippen LogP contribution < -0.4 is 0 Å². The maximum Gasteiger partial charge on any atom is 0.316 e. The average Bonchev–Trinajstić information content (AvgIpc) is 3.28. The predicted molar refractivity (Wildman–Crippen MR) is 79.6 cm³/mol. The second kappa shape index (κ2) is 5.86. The van der Waals surface area contributed by atoms with E-state index in [1.165, 1.54) is 6.42 Å². The third-order valence-electron chi connectivity index (χ3n) is 4.21. The third-order valence-corrected chi connectivity index (χ3v) is 4.74. The first-order valence-electron chi connectivity index (χ1n) is 7.26. The number of carbonyl (C=O) groups excluding carboxylic acids is 1. The zero-order valence-electron chi connectivity index (χ0n) is 11.4. The summed E-state index contributed by atoms with van der Waals surface area (Å²) in [5.41, 5.74) is 0.672. The van der Waals surface area contributed by atoms with Crippen LogP contribution in [0.3, 0.4) is 0 Å². The Bertz CT molecular complexity index is 473. The second-order valence-electron chi connectivity index (χ2n) is 5.68. The first-order chi connectivity index (χ1) is 9.71. The second-order valence-corrected chi connectivity index (χ2v) is 6.59. The number of esters is 1. The van der Waals surface area contributed by atoms with Crippen LogP contribution in [0.2, 0.25) is 0 Å². The number of ether oxygens (including phenoxy) is 2. The van der Waals surface area contributed by atoms with E-state index in [0.717, 1.165) is 42.3 Å². The van der Waals surface area contributed by atoms with Crippen molar-refractivity contribution >= 4 is 21.9 Å². The summed E-state index contributed by atoms with van der Waals surface area (Å²) in [7, 11) is 0. The number of halogens is 1. The van der Waals surface area contributed by atoms with Gasteiger partial charge in [0.05, 0.1) is 11.5 Å². The summed E-state index contributed by atoms with van der Waals surface area (Å²) in [6, 6.07) is 7.98. The molecule has 20 heavy (non-hydrogen) atoms. The molecule has 108 valence electrons. The van der Waals surface area contributed by atoms with Crippen LogP contribution in [-0.4, -0.2) is 25.3 Å². The number of benzene rings is 1. The SMILES string of the molecule is O=C(OCC1CCCCO1)C1(c2ccc(Br)cc2)CC1. The largest absolute Gasteiger partial charge is 0.462 e. The van der Waals surface area contributed by atoms with E-state index in [1.54, 1.807) is 0 Å². The standard InChI is InChI=1S/C16H19BrO3/c17-13-6-4-12(5-7-13)16(8-9-16)15(18)20-11-14-3-1-2-10-19-14/h4-7,14H,1-3,8-11H2. The van der Waals surface area contributed by atoms with Crippen molar-refractivity contribution in [1.82, 2.24) is 0 Å². The summed E-state index contributed by atoms with van der Waals surface area (Å²) >= 11 is 3.42. The molecule has 4 heteroatoms. The molecule has 0 aromatic heterocycles. The minimum absolute atomic E-state index is 0.0889. The molecule has 1 atom stereocenters. The van der Waals surface area contributed by atoms with E-state index >= 15 is 0 Å². The molecule has 1 aliphatic heterocycles. The highest BCUT2D eigenvalue weighted by atomic mass is 79.9. The van der Waals surface area contributed by atoms with E-state index in [2.05, 4.69) is 15.9 Å². The van der Waals surface area contributed by atoms with Gasteiger partial charge in [-0.05, 0) is 49.8 Å².